The molecule has 0 spiro atoms. The number of halogens is 3. The summed E-state index contributed by atoms with van der Waals surface area (Å²) in [5, 5.41) is 0.749. The summed E-state index contributed by atoms with van der Waals surface area (Å²) in [7, 11) is 0. The predicted octanol–water partition coefficient (Wildman–Crippen LogP) is 3.90. The number of thiophene rings is 1. The Kier molecular flexibility index (Phi) is 5.28. The summed E-state index contributed by atoms with van der Waals surface area (Å²) < 4.78 is 7.60. The van der Waals surface area contributed by atoms with Crippen LogP contribution in [0.2, 0.25) is 0 Å². The van der Waals surface area contributed by atoms with Gasteiger partial charge in [-0.05, 0) is 44.8 Å². The first-order valence-corrected chi connectivity index (χ1v) is 8.99. The third-order valence-corrected chi connectivity index (χ3v) is 6.61. The molecule has 2 atom stereocenters. The molecule has 0 aliphatic carbocycles. The van der Waals surface area contributed by atoms with Gasteiger partial charge in [0.2, 0.25) is 0 Å². The summed E-state index contributed by atoms with van der Waals surface area (Å²) in [6, 6.07) is 1.86. The van der Waals surface area contributed by atoms with Gasteiger partial charge in [0, 0.05) is 22.9 Å². The maximum atomic E-state index is 12.4. The maximum Gasteiger partial charge on any atom is 0.264 e. The van der Waals surface area contributed by atoms with Gasteiger partial charge < -0.3 is 9.64 Å². The first-order chi connectivity index (χ1) is 8.51. The lowest BCUT2D eigenvalue weighted by Crippen LogP contribution is -2.49. The minimum absolute atomic E-state index is 0.0737. The van der Waals surface area contributed by atoms with Gasteiger partial charge in [0.25, 0.3) is 5.91 Å². The quantitative estimate of drug-likeness (QED) is 0.625. The van der Waals surface area contributed by atoms with Gasteiger partial charge in [-0.3, -0.25) is 4.79 Å². The minimum Gasteiger partial charge on any atom is -0.371 e. The van der Waals surface area contributed by atoms with Crippen LogP contribution in [0.4, 0.5) is 0 Å². The van der Waals surface area contributed by atoms with Crippen LogP contribution in [0.1, 0.15) is 16.6 Å². The molecule has 7 heteroatoms. The Morgan fingerprint density at radius 2 is 2.28 bits per heavy atom. The van der Waals surface area contributed by atoms with Gasteiger partial charge in [0.15, 0.2) is 0 Å². The van der Waals surface area contributed by atoms with Crippen LogP contribution >= 0.6 is 59.1 Å². The molecule has 0 N–H and O–H groups in total. The maximum absolute atomic E-state index is 12.4. The number of morpholine rings is 1. The third kappa shape index (κ3) is 3.36. The summed E-state index contributed by atoms with van der Waals surface area (Å²) in [5.41, 5.74) is 0. The zero-order valence-corrected chi connectivity index (χ0v) is 15.2. The summed E-state index contributed by atoms with van der Waals surface area (Å²) in [4.78, 5) is 15.0. The van der Waals surface area contributed by atoms with E-state index in [0.717, 1.165) is 18.5 Å². The molecule has 0 aromatic carbocycles. The Morgan fingerprint density at radius 3 is 2.83 bits per heavy atom. The smallest absolute Gasteiger partial charge is 0.264 e. The molecule has 1 aromatic heterocycles. The van der Waals surface area contributed by atoms with Crippen molar-refractivity contribution < 1.29 is 9.53 Å². The van der Waals surface area contributed by atoms with Crippen LogP contribution in [-0.4, -0.2) is 41.4 Å². The highest BCUT2D eigenvalue weighted by molar-refractivity contribution is 9.13. The Labute approximate surface area is 135 Å². The molecule has 100 valence electrons. The zero-order valence-electron chi connectivity index (χ0n) is 9.66. The van der Waals surface area contributed by atoms with Crippen molar-refractivity contribution in [3.63, 3.8) is 0 Å². The van der Waals surface area contributed by atoms with Crippen molar-refractivity contribution in [1.82, 2.24) is 4.90 Å². The van der Waals surface area contributed by atoms with E-state index in [1.54, 1.807) is 0 Å². The van der Waals surface area contributed by atoms with E-state index in [0.29, 0.717) is 13.1 Å². The summed E-state index contributed by atoms with van der Waals surface area (Å²) in [5.74, 6) is 0.0764. The molecule has 1 saturated heterocycles. The fraction of sp³-hybridized carbons (Fsp3) is 0.545. The number of amides is 1. The first kappa shape index (κ1) is 15.0. The Bertz CT molecular complexity index is 432. The second kappa shape index (κ2) is 6.35. The Hall–Kier alpha value is 0.570. The number of rotatable bonds is 2. The molecule has 1 fully saturated rings. The molecule has 0 bridgehead atoms. The molecule has 2 rings (SSSR count). The van der Waals surface area contributed by atoms with Crippen LogP contribution in [0.15, 0.2) is 14.3 Å². The molecular weight excluding hydrogens is 450 g/mol. The summed E-state index contributed by atoms with van der Waals surface area (Å²) >= 11 is 11.7. The monoisotopic (exact) mass is 459 g/mol. The average Bonchev–Trinajstić information content (AvgIpc) is 2.68. The van der Waals surface area contributed by atoms with E-state index < -0.39 is 0 Å². The van der Waals surface area contributed by atoms with Crippen molar-refractivity contribution in [3.05, 3.63) is 19.2 Å². The molecular formula is C11H12Br3NO2S. The van der Waals surface area contributed by atoms with Gasteiger partial charge in [0.05, 0.1) is 20.9 Å². The van der Waals surface area contributed by atoms with Gasteiger partial charge >= 0.3 is 0 Å². The number of alkyl halides is 1. The summed E-state index contributed by atoms with van der Waals surface area (Å²) in [6.07, 6.45) is 0.154. The van der Waals surface area contributed by atoms with E-state index in [9.17, 15) is 4.79 Å². The highest BCUT2D eigenvalue weighted by Gasteiger charge is 2.29. The van der Waals surface area contributed by atoms with E-state index in [1.807, 2.05) is 17.9 Å². The molecule has 18 heavy (non-hydrogen) atoms. The number of ether oxygens (including phenoxy) is 1. The van der Waals surface area contributed by atoms with Crippen molar-refractivity contribution in [1.29, 1.82) is 0 Å². The molecule has 1 amide bonds. The third-order valence-electron chi connectivity index (χ3n) is 2.64. The van der Waals surface area contributed by atoms with Crippen LogP contribution in [0, 0.1) is 0 Å². The van der Waals surface area contributed by atoms with Crippen LogP contribution in [0.25, 0.3) is 0 Å². The van der Waals surface area contributed by atoms with Crippen molar-refractivity contribution in [2.75, 3.05) is 18.4 Å². The average molecular weight is 462 g/mol. The van der Waals surface area contributed by atoms with Gasteiger partial charge in [-0.1, -0.05) is 15.9 Å². The van der Waals surface area contributed by atoms with E-state index in [-0.39, 0.29) is 18.1 Å². The second-order valence-corrected chi connectivity index (χ2v) is 8.04. The molecule has 2 unspecified atom stereocenters. The van der Waals surface area contributed by atoms with Gasteiger partial charge in [-0.25, -0.2) is 0 Å². The lowest BCUT2D eigenvalue weighted by atomic mass is 10.2. The number of hydrogen-bond acceptors (Lipinski definition) is 3. The predicted molar refractivity (Wildman–Crippen MR) is 83.8 cm³/mol. The van der Waals surface area contributed by atoms with Crippen LogP contribution in [0.5, 0.6) is 0 Å². The first-order valence-electron chi connectivity index (χ1n) is 5.46. The molecule has 0 saturated carbocycles. The number of nitrogens with zero attached hydrogens (tertiary/aromatic N) is 1. The number of carbonyl (C=O) groups is 1. The standard InChI is InChI=1S/C11H12Br3NO2S/c1-6-4-15(5-7(3-12)17-6)11(16)9-2-8(13)10(14)18-9/h2,6-7H,3-5H2,1H3. The van der Waals surface area contributed by atoms with Crippen LogP contribution in [-0.2, 0) is 4.74 Å². The topological polar surface area (TPSA) is 29.5 Å². The number of hydrogen-bond donors (Lipinski definition) is 0. The second-order valence-electron chi connectivity index (χ2n) is 4.17. The molecule has 0 radical (unpaired) electrons. The zero-order chi connectivity index (χ0) is 13.3. The SMILES string of the molecule is CC1CN(C(=O)c2cc(Br)c(Br)s2)CC(CBr)O1. The molecule has 1 aliphatic heterocycles. The van der Waals surface area contributed by atoms with E-state index >= 15 is 0 Å². The molecule has 1 aromatic rings. The molecule has 3 nitrogen and oxygen atoms in total. The highest BCUT2D eigenvalue weighted by atomic mass is 79.9. The summed E-state index contributed by atoms with van der Waals surface area (Å²) in [6.45, 7) is 3.28. The van der Waals surface area contributed by atoms with Crippen molar-refractivity contribution in [2.45, 2.75) is 19.1 Å². The van der Waals surface area contributed by atoms with Gasteiger partial charge in [-0.15, -0.1) is 11.3 Å². The number of carbonyl (C=O) groups excluding carboxylic acids is 1. The fourth-order valence-electron chi connectivity index (χ4n) is 1.90. The highest BCUT2D eigenvalue weighted by Crippen LogP contribution is 2.33. The van der Waals surface area contributed by atoms with Crippen LogP contribution < -0.4 is 0 Å². The van der Waals surface area contributed by atoms with E-state index in [4.69, 9.17) is 4.74 Å². The lowest BCUT2D eigenvalue weighted by Gasteiger charge is -2.35. The Balaban J connectivity index is 2.13. The van der Waals surface area contributed by atoms with Crippen LogP contribution in [0.3, 0.4) is 0 Å². The van der Waals surface area contributed by atoms with E-state index in [1.165, 1.54) is 11.3 Å². The van der Waals surface area contributed by atoms with Crippen molar-refractivity contribution in [3.8, 4) is 0 Å². The molecule has 1 aliphatic rings. The largest absolute Gasteiger partial charge is 0.371 e. The molecule has 2 heterocycles. The minimum atomic E-state index is 0.0737. The normalized spacial score (nSPS) is 24.3. The van der Waals surface area contributed by atoms with E-state index in [2.05, 4.69) is 47.8 Å². The fourth-order valence-corrected chi connectivity index (χ4v) is 4.27. The Morgan fingerprint density at radius 1 is 1.56 bits per heavy atom. The van der Waals surface area contributed by atoms with Gasteiger partial charge in [0.1, 0.15) is 0 Å². The van der Waals surface area contributed by atoms with Crippen molar-refractivity contribution in [2.24, 2.45) is 0 Å². The lowest BCUT2D eigenvalue weighted by molar-refractivity contribution is -0.0558. The van der Waals surface area contributed by atoms with Crippen molar-refractivity contribution >= 4 is 65.0 Å². The van der Waals surface area contributed by atoms with Gasteiger partial charge in [-0.2, -0.15) is 0 Å².